The van der Waals surface area contributed by atoms with Gasteiger partial charge in [-0.15, -0.1) is 0 Å². The third-order valence-electron chi connectivity index (χ3n) is 2.16. The summed E-state index contributed by atoms with van der Waals surface area (Å²) >= 11 is 0. The second-order valence-electron chi connectivity index (χ2n) is 3.35. The number of allylic oxidation sites excluding steroid dienone is 2. The van der Waals surface area contributed by atoms with Gasteiger partial charge in [0.2, 0.25) is 0 Å². The number of aromatic hydroxyl groups is 1. The van der Waals surface area contributed by atoms with Crippen LogP contribution in [-0.4, -0.2) is 5.11 Å². The monoisotopic (exact) mass is 224 g/mol. The lowest BCUT2D eigenvalue weighted by atomic mass is 10.1. The summed E-state index contributed by atoms with van der Waals surface area (Å²) in [7, 11) is 0. The molecule has 0 radical (unpaired) electrons. The van der Waals surface area contributed by atoms with Gasteiger partial charge in [0.25, 0.3) is 0 Å². The van der Waals surface area contributed by atoms with Crippen LogP contribution in [0.1, 0.15) is 0 Å². The van der Waals surface area contributed by atoms with Crippen molar-refractivity contribution in [2.45, 2.75) is 0 Å². The lowest BCUT2D eigenvalue weighted by Gasteiger charge is -2.02. The smallest absolute Gasteiger partial charge is 0.123 e. The second kappa shape index (κ2) is 7.07. The van der Waals surface area contributed by atoms with Crippen LogP contribution in [0.2, 0.25) is 0 Å². The highest BCUT2D eigenvalue weighted by Crippen LogP contribution is 2.27. The first kappa shape index (κ1) is 12.8. The molecule has 0 atom stereocenters. The van der Waals surface area contributed by atoms with E-state index in [1.807, 2.05) is 48.5 Å². The molecule has 0 amide bonds. The molecule has 2 aromatic rings. The molecule has 1 heteroatoms. The molecule has 1 N–H and O–H groups in total. The number of benzene rings is 2. The van der Waals surface area contributed by atoms with Gasteiger partial charge in [0.1, 0.15) is 5.75 Å². The van der Waals surface area contributed by atoms with Crippen molar-refractivity contribution in [1.29, 1.82) is 0 Å². The average molecular weight is 224 g/mol. The van der Waals surface area contributed by atoms with Gasteiger partial charge in [-0.3, -0.25) is 0 Å². The van der Waals surface area contributed by atoms with Crippen molar-refractivity contribution in [3.63, 3.8) is 0 Å². The molecule has 2 rings (SSSR count). The average Bonchev–Trinajstić information content (AvgIpc) is 2.41. The molecular formula is C16H16O. The number of phenolic OH excluding ortho intramolecular Hbond substituents is 1. The number of rotatable bonds is 2. The number of hydrogen-bond acceptors (Lipinski definition) is 1. The van der Waals surface area contributed by atoms with Gasteiger partial charge in [-0.05, 0) is 11.6 Å². The SMILES string of the molecule is C=CC=C.Oc1ccccc1-c1ccccc1. The van der Waals surface area contributed by atoms with Gasteiger partial charge >= 0.3 is 0 Å². The van der Waals surface area contributed by atoms with Gasteiger partial charge in [0.05, 0.1) is 0 Å². The van der Waals surface area contributed by atoms with Crippen molar-refractivity contribution < 1.29 is 5.11 Å². The molecule has 0 aromatic heterocycles. The van der Waals surface area contributed by atoms with Gasteiger partial charge in [0, 0.05) is 5.56 Å². The molecule has 0 aliphatic rings. The van der Waals surface area contributed by atoms with Gasteiger partial charge < -0.3 is 5.11 Å². The van der Waals surface area contributed by atoms with E-state index in [9.17, 15) is 5.11 Å². The molecule has 0 aliphatic carbocycles. The van der Waals surface area contributed by atoms with Gasteiger partial charge in [0.15, 0.2) is 0 Å². The minimum absolute atomic E-state index is 0.328. The fourth-order valence-corrected chi connectivity index (χ4v) is 1.34. The van der Waals surface area contributed by atoms with E-state index in [-0.39, 0.29) is 0 Å². The third-order valence-corrected chi connectivity index (χ3v) is 2.16. The van der Waals surface area contributed by atoms with Crippen molar-refractivity contribution in [3.05, 3.63) is 79.9 Å². The number of hydrogen-bond donors (Lipinski definition) is 1. The van der Waals surface area contributed by atoms with Crippen LogP contribution in [0, 0.1) is 0 Å². The maximum Gasteiger partial charge on any atom is 0.123 e. The Kier molecular flexibility index (Phi) is 5.32. The molecule has 0 heterocycles. The van der Waals surface area contributed by atoms with Crippen LogP contribution in [0.3, 0.4) is 0 Å². The van der Waals surface area contributed by atoms with Gasteiger partial charge in [-0.25, -0.2) is 0 Å². The number of phenols is 1. The number of para-hydroxylation sites is 1. The second-order valence-corrected chi connectivity index (χ2v) is 3.35. The van der Waals surface area contributed by atoms with E-state index < -0.39 is 0 Å². The van der Waals surface area contributed by atoms with Gasteiger partial charge in [-0.2, -0.15) is 0 Å². The Morgan fingerprint density at radius 2 is 1.29 bits per heavy atom. The summed E-state index contributed by atoms with van der Waals surface area (Å²) in [6.07, 6.45) is 3.28. The minimum atomic E-state index is 0.328. The Bertz CT molecular complexity index is 466. The van der Waals surface area contributed by atoms with Crippen molar-refractivity contribution in [2.75, 3.05) is 0 Å². The molecule has 0 aliphatic heterocycles. The van der Waals surface area contributed by atoms with Crippen molar-refractivity contribution in [3.8, 4) is 16.9 Å². The molecule has 0 bridgehead atoms. The third kappa shape index (κ3) is 3.99. The predicted molar refractivity (Wildman–Crippen MR) is 73.9 cm³/mol. The molecule has 2 aromatic carbocycles. The summed E-state index contributed by atoms with van der Waals surface area (Å²) < 4.78 is 0. The summed E-state index contributed by atoms with van der Waals surface area (Å²) in [4.78, 5) is 0. The first-order chi connectivity index (χ1) is 8.29. The quantitative estimate of drug-likeness (QED) is 0.749. The Morgan fingerprint density at radius 1 is 0.765 bits per heavy atom. The largest absolute Gasteiger partial charge is 0.507 e. The van der Waals surface area contributed by atoms with Crippen LogP contribution < -0.4 is 0 Å². The van der Waals surface area contributed by atoms with E-state index in [0.29, 0.717) is 5.75 Å². The highest BCUT2D eigenvalue weighted by atomic mass is 16.3. The molecule has 0 saturated heterocycles. The molecule has 17 heavy (non-hydrogen) atoms. The summed E-state index contributed by atoms with van der Waals surface area (Å²) in [6, 6.07) is 17.2. The fourth-order valence-electron chi connectivity index (χ4n) is 1.34. The molecule has 0 saturated carbocycles. The molecule has 0 unspecified atom stereocenters. The van der Waals surface area contributed by atoms with Crippen LogP contribution in [0.15, 0.2) is 79.9 Å². The highest BCUT2D eigenvalue weighted by Gasteiger charge is 2.00. The normalized spacial score (nSPS) is 8.71. The topological polar surface area (TPSA) is 20.2 Å². The summed E-state index contributed by atoms with van der Waals surface area (Å²) in [6.45, 7) is 6.72. The lowest BCUT2D eigenvalue weighted by Crippen LogP contribution is -1.76. The highest BCUT2D eigenvalue weighted by molar-refractivity contribution is 5.69. The summed E-state index contributed by atoms with van der Waals surface area (Å²) in [5.74, 6) is 0.328. The molecule has 86 valence electrons. The van der Waals surface area contributed by atoms with Crippen LogP contribution in [0.4, 0.5) is 0 Å². The first-order valence-electron chi connectivity index (χ1n) is 5.36. The summed E-state index contributed by atoms with van der Waals surface area (Å²) in [5, 5.41) is 9.56. The van der Waals surface area contributed by atoms with Crippen molar-refractivity contribution in [2.24, 2.45) is 0 Å². The van der Waals surface area contributed by atoms with Crippen LogP contribution in [-0.2, 0) is 0 Å². The van der Waals surface area contributed by atoms with Crippen LogP contribution in [0.25, 0.3) is 11.1 Å². The van der Waals surface area contributed by atoms with E-state index in [1.54, 1.807) is 18.2 Å². The van der Waals surface area contributed by atoms with Crippen molar-refractivity contribution in [1.82, 2.24) is 0 Å². The van der Waals surface area contributed by atoms with Gasteiger partial charge in [-0.1, -0.05) is 73.8 Å². The Labute approximate surface area is 102 Å². The maximum atomic E-state index is 9.56. The predicted octanol–water partition coefficient (Wildman–Crippen LogP) is 4.42. The summed E-state index contributed by atoms with van der Waals surface area (Å²) in [5.41, 5.74) is 1.92. The molecular weight excluding hydrogens is 208 g/mol. The fraction of sp³-hybridized carbons (Fsp3) is 0. The molecule has 0 fully saturated rings. The van der Waals surface area contributed by atoms with E-state index in [1.165, 1.54) is 0 Å². The first-order valence-corrected chi connectivity index (χ1v) is 5.36. The van der Waals surface area contributed by atoms with Crippen LogP contribution >= 0.6 is 0 Å². The van der Waals surface area contributed by atoms with E-state index >= 15 is 0 Å². The van der Waals surface area contributed by atoms with Crippen LogP contribution in [0.5, 0.6) is 5.75 Å². The Morgan fingerprint density at radius 3 is 1.82 bits per heavy atom. The lowest BCUT2D eigenvalue weighted by molar-refractivity contribution is 0.477. The zero-order valence-corrected chi connectivity index (χ0v) is 9.71. The standard InChI is InChI=1S/C12H10O.C4H6/c13-12-9-5-4-8-11(12)10-6-2-1-3-7-10;1-3-4-2/h1-9,13H;3-4H,1-2H2. The zero-order chi connectivity index (χ0) is 12.5. The van der Waals surface area contributed by atoms with Crippen molar-refractivity contribution >= 4 is 0 Å². The molecule has 1 nitrogen and oxygen atoms in total. The maximum absolute atomic E-state index is 9.56. The molecule has 0 spiro atoms. The van der Waals surface area contributed by atoms with E-state index in [4.69, 9.17) is 0 Å². The van der Waals surface area contributed by atoms with E-state index in [0.717, 1.165) is 11.1 Å². The Balaban J connectivity index is 0.000000317. The Hall–Kier alpha value is -2.28. The zero-order valence-electron chi connectivity index (χ0n) is 9.71. The minimum Gasteiger partial charge on any atom is -0.507 e. The van der Waals surface area contributed by atoms with E-state index in [2.05, 4.69) is 13.2 Å².